The summed E-state index contributed by atoms with van der Waals surface area (Å²) in [7, 11) is 0. The van der Waals surface area contributed by atoms with Gasteiger partial charge in [0.1, 0.15) is 0 Å². The number of nitrogens with zero attached hydrogens (tertiary/aromatic N) is 1. The SMILES string of the molecule is Cc1[nH]c2ccccc2c1C(=O)CSCCCCN1C(=O)c2ccccc2C1=O. The van der Waals surface area contributed by atoms with Gasteiger partial charge < -0.3 is 4.98 Å². The number of ketones is 1. The molecule has 0 radical (unpaired) electrons. The summed E-state index contributed by atoms with van der Waals surface area (Å²) in [6.07, 6.45) is 1.58. The number of nitrogens with one attached hydrogen (secondary N) is 1. The molecule has 0 saturated carbocycles. The molecule has 1 aliphatic rings. The number of amides is 2. The Balaban J connectivity index is 1.24. The van der Waals surface area contributed by atoms with Gasteiger partial charge in [0.2, 0.25) is 0 Å². The van der Waals surface area contributed by atoms with Gasteiger partial charge in [-0.2, -0.15) is 11.8 Å². The summed E-state index contributed by atoms with van der Waals surface area (Å²) >= 11 is 1.60. The Labute approximate surface area is 173 Å². The Morgan fingerprint density at radius 1 is 0.966 bits per heavy atom. The van der Waals surface area contributed by atoms with Crippen LogP contribution in [0.4, 0.5) is 0 Å². The predicted molar refractivity (Wildman–Crippen MR) is 116 cm³/mol. The zero-order valence-corrected chi connectivity index (χ0v) is 17.1. The number of para-hydroxylation sites is 1. The molecule has 0 atom stereocenters. The lowest BCUT2D eigenvalue weighted by atomic mass is 10.1. The average Bonchev–Trinajstić information content (AvgIpc) is 3.19. The van der Waals surface area contributed by atoms with E-state index < -0.39 is 0 Å². The summed E-state index contributed by atoms with van der Waals surface area (Å²) in [5.41, 5.74) is 3.65. The highest BCUT2D eigenvalue weighted by atomic mass is 32.2. The molecular weight excluding hydrogens is 384 g/mol. The lowest BCUT2D eigenvalue weighted by molar-refractivity contribution is 0.0652. The highest BCUT2D eigenvalue weighted by Crippen LogP contribution is 2.25. The Kier molecular flexibility index (Phi) is 5.53. The van der Waals surface area contributed by atoms with Crippen LogP contribution in [0.3, 0.4) is 0 Å². The number of aromatic nitrogens is 1. The smallest absolute Gasteiger partial charge is 0.261 e. The lowest BCUT2D eigenvalue weighted by Crippen LogP contribution is -2.30. The third kappa shape index (κ3) is 3.72. The van der Waals surface area contributed by atoms with Crippen LogP contribution < -0.4 is 0 Å². The first-order valence-corrected chi connectivity index (χ1v) is 10.9. The molecule has 4 rings (SSSR count). The van der Waals surface area contributed by atoms with Crippen molar-refractivity contribution in [3.8, 4) is 0 Å². The quantitative estimate of drug-likeness (QED) is 0.340. The number of imide groups is 1. The van der Waals surface area contributed by atoms with Gasteiger partial charge in [0.05, 0.1) is 16.9 Å². The number of unbranched alkanes of at least 4 members (excludes halogenated alkanes) is 1. The lowest BCUT2D eigenvalue weighted by Gasteiger charge is -2.13. The van der Waals surface area contributed by atoms with Crippen molar-refractivity contribution in [2.45, 2.75) is 19.8 Å². The summed E-state index contributed by atoms with van der Waals surface area (Å²) in [5.74, 6) is 0.961. The van der Waals surface area contributed by atoms with E-state index in [0.29, 0.717) is 23.4 Å². The zero-order valence-electron chi connectivity index (χ0n) is 16.2. The van der Waals surface area contributed by atoms with Crippen molar-refractivity contribution in [3.63, 3.8) is 0 Å². The van der Waals surface area contributed by atoms with Gasteiger partial charge in [0, 0.05) is 28.7 Å². The Bertz CT molecular complexity index is 1070. The first-order valence-electron chi connectivity index (χ1n) is 9.71. The second-order valence-corrected chi connectivity index (χ2v) is 8.27. The van der Waals surface area contributed by atoms with Crippen LogP contribution in [0, 0.1) is 6.92 Å². The number of aromatic amines is 1. The summed E-state index contributed by atoms with van der Waals surface area (Å²) in [6.45, 7) is 2.35. The maximum atomic E-state index is 12.7. The van der Waals surface area contributed by atoms with Crippen molar-refractivity contribution in [2.75, 3.05) is 18.1 Å². The molecule has 0 saturated heterocycles. The number of H-pyrrole nitrogens is 1. The van der Waals surface area contributed by atoms with Crippen molar-refractivity contribution < 1.29 is 14.4 Å². The van der Waals surface area contributed by atoms with Gasteiger partial charge >= 0.3 is 0 Å². The Morgan fingerprint density at radius 3 is 2.34 bits per heavy atom. The van der Waals surface area contributed by atoms with Crippen molar-refractivity contribution in [3.05, 3.63) is 70.9 Å². The predicted octanol–water partition coefficient (Wildman–Crippen LogP) is 4.47. The summed E-state index contributed by atoms with van der Waals surface area (Å²) in [6, 6.07) is 14.8. The van der Waals surface area contributed by atoms with Crippen molar-refractivity contribution in [2.24, 2.45) is 0 Å². The number of aryl methyl sites for hydroxylation is 1. The van der Waals surface area contributed by atoms with E-state index in [1.165, 1.54) is 4.90 Å². The van der Waals surface area contributed by atoms with E-state index in [1.54, 1.807) is 36.0 Å². The summed E-state index contributed by atoms with van der Waals surface area (Å²) in [5, 5.41) is 0.973. The van der Waals surface area contributed by atoms with E-state index >= 15 is 0 Å². The molecule has 2 heterocycles. The van der Waals surface area contributed by atoms with Crippen LogP contribution in [0.25, 0.3) is 10.9 Å². The first kappa shape index (κ1) is 19.5. The van der Waals surface area contributed by atoms with Crippen LogP contribution in [0.2, 0.25) is 0 Å². The van der Waals surface area contributed by atoms with Gasteiger partial charge in [-0.25, -0.2) is 0 Å². The highest BCUT2D eigenvalue weighted by Gasteiger charge is 2.34. The maximum Gasteiger partial charge on any atom is 0.261 e. The second-order valence-electron chi connectivity index (χ2n) is 7.16. The topological polar surface area (TPSA) is 70.2 Å². The van der Waals surface area contributed by atoms with Crippen LogP contribution in [0.1, 0.15) is 49.6 Å². The fourth-order valence-electron chi connectivity index (χ4n) is 3.79. The third-order valence-electron chi connectivity index (χ3n) is 5.20. The Morgan fingerprint density at radius 2 is 1.62 bits per heavy atom. The van der Waals surface area contributed by atoms with E-state index in [0.717, 1.165) is 40.8 Å². The molecule has 2 amide bonds. The summed E-state index contributed by atoms with van der Waals surface area (Å²) in [4.78, 5) is 41.9. The van der Waals surface area contributed by atoms with Crippen LogP contribution in [-0.2, 0) is 0 Å². The molecule has 6 heteroatoms. The molecule has 0 unspecified atom stereocenters. The summed E-state index contributed by atoms with van der Waals surface area (Å²) < 4.78 is 0. The van der Waals surface area contributed by atoms with Gasteiger partial charge in [0.25, 0.3) is 11.8 Å². The number of hydrogen-bond acceptors (Lipinski definition) is 4. The molecule has 148 valence electrons. The van der Waals surface area contributed by atoms with E-state index in [-0.39, 0.29) is 17.6 Å². The molecule has 1 aromatic heterocycles. The molecular formula is C23H22N2O3S. The van der Waals surface area contributed by atoms with E-state index in [4.69, 9.17) is 0 Å². The third-order valence-corrected chi connectivity index (χ3v) is 6.25. The van der Waals surface area contributed by atoms with Gasteiger partial charge in [-0.3, -0.25) is 19.3 Å². The van der Waals surface area contributed by atoms with Crippen LogP contribution in [0.15, 0.2) is 48.5 Å². The molecule has 5 nitrogen and oxygen atoms in total. The number of thioether (sulfide) groups is 1. The van der Waals surface area contributed by atoms with Crippen molar-refractivity contribution in [1.82, 2.24) is 9.88 Å². The molecule has 0 aliphatic carbocycles. The number of Topliss-reactive ketones (excluding diaryl/α,β-unsaturated/α-hetero) is 1. The normalized spacial score (nSPS) is 13.3. The molecule has 3 aromatic rings. The number of hydrogen-bond donors (Lipinski definition) is 1. The largest absolute Gasteiger partial charge is 0.358 e. The monoisotopic (exact) mass is 406 g/mol. The second kappa shape index (κ2) is 8.25. The molecule has 0 fully saturated rings. The zero-order chi connectivity index (χ0) is 20.4. The van der Waals surface area contributed by atoms with Crippen LogP contribution in [-0.4, -0.2) is 45.5 Å². The maximum absolute atomic E-state index is 12.7. The Hall–Kier alpha value is -2.86. The fraction of sp³-hybridized carbons (Fsp3) is 0.261. The molecule has 0 bridgehead atoms. The number of fused-ring (bicyclic) bond motifs is 2. The first-order chi connectivity index (χ1) is 14.1. The van der Waals surface area contributed by atoms with E-state index in [2.05, 4.69) is 4.98 Å². The van der Waals surface area contributed by atoms with Crippen LogP contribution in [0.5, 0.6) is 0 Å². The number of rotatable bonds is 8. The number of carbonyl (C=O) groups is 3. The molecule has 1 N–H and O–H groups in total. The van der Waals surface area contributed by atoms with Crippen LogP contribution >= 0.6 is 11.8 Å². The highest BCUT2D eigenvalue weighted by molar-refractivity contribution is 7.99. The number of carbonyl (C=O) groups excluding carboxylic acids is 3. The minimum atomic E-state index is -0.205. The van der Waals surface area contributed by atoms with Gasteiger partial charge in [-0.15, -0.1) is 0 Å². The van der Waals surface area contributed by atoms with Crippen molar-refractivity contribution in [1.29, 1.82) is 0 Å². The standard InChI is InChI=1S/C23H22N2O3S/c1-15-21(18-10-4-5-11-19(18)24-15)20(26)14-29-13-7-6-12-25-22(27)16-8-2-3-9-17(16)23(25)28/h2-5,8-11,24H,6-7,12-14H2,1H3. The molecule has 1 aliphatic heterocycles. The minimum Gasteiger partial charge on any atom is -0.358 e. The van der Waals surface area contributed by atoms with Gasteiger partial charge in [-0.1, -0.05) is 30.3 Å². The molecule has 2 aromatic carbocycles. The minimum absolute atomic E-state index is 0.130. The molecule has 29 heavy (non-hydrogen) atoms. The van der Waals surface area contributed by atoms with Gasteiger partial charge in [-0.05, 0) is 43.7 Å². The number of benzene rings is 2. The molecule has 0 spiro atoms. The van der Waals surface area contributed by atoms with E-state index in [1.807, 2.05) is 31.2 Å². The fourth-order valence-corrected chi connectivity index (χ4v) is 4.67. The van der Waals surface area contributed by atoms with Crippen molar-refractivity contribution >= 4 is 40.3 Å². The van der Waals surface area contributed by atoms with Gasteiger partial charge in [0.15, 0.2) is 5.78 Å². The average molecular weight is 407 g/mol. The van der Waals surface area contributed by atoms with E-state index in [9.17, 15) is 14.4 Å².